The number of hydrogen-bond donors (Lipinski definition) is 1. The number of nitrogens with zero attached hydrogens (tertiary/aromatic N) is 1. The molecular formula is C32H40N2O2. The second-order valence-corrected chi connectivity index (χ2v) is 13.0. The van der Waals surface area contributed by atoms with Gasteiger partial charge in [0.25, 0.3) is 0 Å². The van der Waals surface area contributed by atoms with Crippen molar-refractivity contribution in [3.63, 3.8) is 0 Å². The molecule has 2 aliphatic heterocycles. The van der Waals surface area contributed by atoms with Gasteiger partial charge in [0.15, 0.2) is 0 Å². The summed E-state index contributed by atoms with van der Waals surface area (Å²) >= 11 is 0. The average molecular weight is 485 g/mol. The summed E-state index contributed by atoms with van der Waals surface area (Å²) in [5.74, 6) is 1.13. The molecule has 3 aliphatic carbocycles. The summed E-state index contributed by atoms with van der Waals surface area (Å²) < 4.78 is 13.2. The highest BCUT2D eigenvalue weighted by atomic mass is 16.5. The first kappa shape index (κ1) is 23.1. The number of methoxy groups -OCH3 is 1. The van der Waals surface area contributed by atoms with Crippen molar-refractivity contribution in [2.24, 2.45) is 11.3 Å². The number of fused-ring (bicyclic) bond motifs is 2. The summed E-state index contributed by atoms with van der Waals surface area (Å²) in [5, 5.41) is 6.31. The molecule has 4 nitrogen and oxygen atoms in total. The van der Waals surface area contributed by atoms with Gasteiger partial charge in [0.2, 0.25) is 0 Å². The summed E-state index contributed by atoms with van der Waals surface area (Å²) in [6.07, 6.45) is 18.4. The number of aromatic nitrogens is 1. The van der Waals surface area contributed by atoms with Gasteiger partial charge in [0.05, 0.1) is 11.2 Å². The molecule has 3 fully saturated rings. The van der Waals surface area contributed by atoms with E-state index in [9.17, 15) is 0 Å². The number of hydrogen-bond acceptors (Lipinski definition) is 4. The van der Waals surface area contributed by atoms with E-state index in [2.05, 4.69) is 67.5 Å². The lowest BCUT2D eigenvalue weighted by molar-refractivity contribution is -0.139. The Morgan fingerprint density at radius 3 is 2.86 bits per heavy atom. The number of rotatable bonds is 4. The zero-order valence-electron chi connectivity index (χ0n) is 22.3. The lowest BCUT2D eigenvalue weighted by Gasteiger charge is -2.54. The molecule has 6 atom stereocenters. The molecule has 2 saturated carbocycles. The maximum Gasteiger partial charge on any atom is 0.113 e. The largest absolute Gasteiger partial charge is 0.364 e. The predicted octanol–water partition coefficient (Wildman–Crippen LogP) is 6.82. The summed E-state index contributed by atoms with van der Waals surface area (Å²) in [6, 6.07) is 9.61. The van der Waals surface area contributed by atoms with Crippen LogP contribution >= 0.6 is 0 Å². The Morgan fingerprint density at radius 2 is 2.00 bits per heavy atom. The molecule has 190 valence electrons. The summed E-state index contributed by atoms with van der Waals surface area (Å²) in [7, 11) is 1.80. The van der Waals surface area contributed by atoms with Crippen LogP contribution in [0.25, 0.3) is 10.8 Å². The smallest absolute Gasteiger partial charge is 0.113 e. The first-order valence-electron chi connectivity index (χ1n) is 14.1. The zero-order valence-corrected chi connectivity index (χ0v) is 22.3. The van der Waals surface area contributed by atoms with Crippen molar-refractivity contribution < 1.29 is 9.47 Å². The summed E-state index contributed by atoms with van der Waals surface area (Å²) in [6.45, 7) is 6.82. The molecule has 0 amide bonds. The van der Waals surface area contributed by atoms with E-state index in [1.165, 1.54) is 34.8 Å². The molecule has 1 N–H and O–H groups in total. The van der Waals surface area contributed by atoms with Gasteiger partial charge in [-0.1, -0.05) is 31.2 Å². The molecule has 2 spiro atoms. The molecule has 36 heavy (non-hydrogen) atoms. The second-order valence-electron chi connectivity index (χ2n) is 13.0. The lowest BCUT2D eigenvalue weighted by atomic mass is 9.58. The molecular weight excluding hydrogens is 444 g/mol. The van der Waals surface area contributed by atoms with Crippen LogP contribution in [0.2, 0.25) is 0 Å². The third-order valence-electron chi connectivity index (χ3n) is 10.8. The highest BCUT2D eigenvalue weighted by Crippen LogP contribution is 2.69. The Bertz CT molecular complexity index is 1280. The third-order valence-corrected chi connectivity index (χ3v) is 10.8. The highest BCUT2D eigenvalue weighted by Gasteiger charge is 2.66. The number of allylic oxidation sites excluding steroid dienone is 1. The number of benzene rings is 1. The van der Waals surface area contributed by atoms with E-state index in [0.717, 1.165) is 38.5 Å². The van der Waals surface area contributed by atoms with Gasteiger partial charge in [-0.2, -0.15) is 0 Å². The van der Waals surface area contributed by atoms with E-state index in [1.54, 1.807) is 12.7 Å². The van der Waals surface area contributed by atoms with Gasteiger partial charge in [-0.25, -0.2) is 0 Å². The van der Waals surface area contributed by atoms with E-state index in [0.29, 0.717) is 17.9 Å². The number of pyridine rings is 1. The molecule has 0 radical (unpaired) electrons. The van der Waals surface area contributed by atoms with Gasteiger partial charge in [0, 0.05) is 30.9 Å². The number of ether oxygens (including phenoxy) is 2. The maximum atomic E-state index is 7.46. The van der Waals surface area contributed by atoms with Crippen molar-refractivity contribution in [1.82, 2.24) is 10.3 Å². The molecule has 1 aromatic carbocycles. The fourth-order valence-corrected chi connectivity index (χ4v) is 8.95. The molecule has 2 bridgehead atoms. The molecule has 1 aromatic heterocycles. The molecule has 1 saturated heterocycles. The van der Waals surface area contributed by atoms with Crippen molar-refractivity contribution in [2.75, 3.05) is 7.11 Å². The van der Waals surface area contributed by atoms with Crippen LogP contribution in [-0.4, -0.2) is 35.1 Å². The summed E-state index contributed by atoms with van der Waals surface area (Å²) in [5.41, 5.74) is 4.24. The Kier molecular flexibility index (Phi) is 4.98. The normalized spacial score (nSPS) is 39.3. The van der Waals surface area contributed by atoms with Gasteiger partial charge < -0.3 is 9.47 Å². The van der Waals surface area contributed by atoms with E-state index < -0.39 is 0 Å². The SMILES string of the molecule is COC(C)(C)NC1CCC2=CC3=CCC4(C)C(c5ccc6ccncc6c5)CC[C@H]4[C@@]34CC[C@]2(C1)O4. The molecule has 3 heterocycles. The Labute approximate surface area is 215 Å². The maximum absolute atomic E-state index is 7.46. The van der Waals surface area contributed by atoms with Crippen LogP contribution < -0.4 is 5.32 Å². The van der Waals surface area contributed by atoms with Crippen LogP contribution in [0.3, 0.4) is 0 Å². The molecule has 2 aromatic rings. The van der Waals surface area contributed by atoms with E-state index in [-0.39, 0.29) is 22.3 Å². The van der Waals surface area contributed by atoms with Crippen LogP contribution in [-0.2, 0) is 9.47 Å². The quantitative estimate of drug-likeness (QED) is 0.484. The third kappa shape index (κ3) is 3.20. The van der Waals surface area contributed by atoms with Crippen LogP contribution in [0.1, 0.15) is 83.6 Å². The fourth-order valence-electron chi connectivity index (χ4n) is 8.95. The Hall–Kier alpha value is -2.01. The standard InChI is InChI=1S/C32H40N2O2/c1-29(2,35-4)34-26-8-7-24-18-25-11-13-30(3)27(22-6-5-21-12-16-33-20-23(21)17-22)9-10-28(30)32(25)15-14-31(24,19-26)36-32/h5-6,11-12,16-18,20,26-28,34H,7-10,13-15,19H2,1-4H3/t26?,27?,28-,30?,31-,32-/m1/s1. The number of nitrogens with one attached hydrogen (secondary N) is 1. The minimum atomic E-state index is -0.310. The van der Waals surface area contributed by atoms with Crippen LogP contribution in [0.4, 0.5) is 0 Å². The van der Waals surface area contributed by atoms with Gasteiger partial charge in [-0.3, -0.25) is 10.3 Å². The monoisotopic (exact) mass is 484 g/mol. The van der Waals surface area contributed by atoms with Crippen LogP contribution in [0.5, 0.6) is 0 Å². The minimum absolute atomic E-state index is 0.0952. The van der Waals surface area contributed by atoms with Gasteiger partial charge in [-0.05, 0) is 117 Å². The van der Waals surface area contributed by atoms with Crippen LogP contribution in [0, 0.1) is 11.3 Å². The van der Waals surface area contributed by atoms with E-state index in [1.807, 2.05) is 12.4 Å². The zero-order chi connectivity index (χ0) is 24.8. The van der Waals surface area contributed by atoms with Crippen molar-refractivity contribution in [1.29, 1.82) is 0 Å². The Morgan fingerprint density at radius 1 is 1.11 bits per heavy atom. The van der Waals surface area contributed by atoms with Crippen LogP contribution in [0.15, 0.2) is 60.0 Å². The first-order chi connectivity index (χ1) is 17.3. The highest BCUT2D eigenvalue weighted by molar-refractivity contribution is 5.82. The van der Waals surface area contributed by atoms with Gasteiger partial charge in [0.1, 0.15) is 5.72 Å². The summed E-state index contributed by atoms with van der Waals surface area (Å²) in [4.78, 5) is 4.39. The first-order valence-corrected chi connectivity index (χ1v) is 14.1. The van der Waals surface area contributed by atoms with Gasteiger partial charge in [-0.15, -0.1) is 0 Å². The van der Waals surface area contributed by atoms with Crippen molar-refractivity contribution in [3.8, 4) is 0 Å². The van der Waals surface area contributed by atoms with Crippen molar-refractivity contribution in [2.45, 2.75) is 101 Å². The van der Waals surface area contributed by atoms with Crippen molar-refractivity contribution in [3.05, 3.63) is 65.5 Å². The molecule has 3 unspecified atom stereocenters. The molecule has 5 aliphatic rings. The Balaban J connectivity index is 1.22. The second kappa shape index (κ2) is 7.75. The minimum Gasteiger partial charge on any atom is -0.364 e. The topological polar surface area (TPSA) is 43.4 Å². The van der Waals surface area contributed by atoms with Crippen molar-refractivity contribution >= 4 is 10.8 Å². The van der Waals surface area contributed by atoms with E-state index >= 15 is 0 Å². The average Bonchev–Trinajstić information content (AvgIpc) is 3.38. The molecule has 4 heteroatoms. The lowest BCUT2D eigenvalue weighted by Crippen LogP contribution is -2.57. The predicted molar refractivity (Wildman–Crippen MR) is 144 cm³/mol. The van der Waals surface area contributed by atoms with E-state index in [4.69, 9.17) is 9.47 Å². The van der Waals surface area contributed by atoms with Gasteiger partial charge >= 0.3 is 0 Å². The fraction of sp³-hybridized carbons (Fsp3) is 0.594. The molecule has 7 rings (SSSR count).